The van der Waals surface area contributed by atoms with Crippen molar-refractivity contribution in [2.75, 3.05) is 0 Å². The molecule has 0 amide bonds. The molecule has 0 aromatic carbocycles. The van der Waals surface area contributed by atoms with Crippen molar-refractivity contribution in [1.29, 1.82) is 0 Å². The average molecular weight is 204 g/mol. The summed E-state index contributed by atoms with van der Waals surface area (Å²) in [5.74, 6) is 0. The predicted molar refractivity (Wildman–Crippen MR) is 64.7 cm³/mol. The van der Waals surface area contributed by atoms with Crippen LogP contribution in [0.1, 0.15) is 42.1 Å². The number of unbranched alkanes of at least 4 members (excludes halogenated alkanes) is 1. The van der Waals surface area contributed by atoms with Crippen molar-refractivity contribution in [1.82, 2.24) is 4.98 Å². The van der Waals surface area contributed by atoms with Crippen molar-refractivity contribution < 1.29 is 0 Å². The molecule has 0 radical (unpaired) electrons. The van der Waals surface area contributed by atoms with E-state index in [-0.39, 0.29) is 6.04 Å². The number of nitrogens with zero attached hydrogens (tertiary/aromatic N) is 1. The zero-order chi connectivity index (χ0) is 11.3. The van der Waals surface area contributed by atoms with Gasteiger partial charge in [-0.1, -0.05) is 12.1 Å². The van der Waals surface area contributed by atoms with Crippen LogP contribution >= 0.6 is 0 Å². The Bertz CT molecular complexity index is 331. The monoisotopic (exact) mass is 204 g/mol. The molecule has 82 valence electrons. The van der Waals surface area contributed by atoms with Crippen LogP contribution in [-0.2, 0) is 0 Å². The number of hydrogen-bond donors (Lipinski definition) is 1. The molecule has 2 nitrogen and oxygen atoms in total. The number of aromatic nitrogens is 1. The lowest BCUT2D eigenvalue weighted by Gasteiger charge is -2.13. The molecular formula is C13H20N2. The fraction of sp³-hybridized carbons (Fsp3) is 0.462. The number of hydrogen-bond acceptors (Lipinski definition) is 2. The maximum absolute atomic E-state index is 6.09. The summed E-state index contributed by atoms with van der Waals surface area (Å²) in [4.78, 5) is 4.41. The Hall–Kier alpha value is -1.15. The molecule has 0 aliphatic heterocycles. The van der Waals surface area contributed by atoms with Gasteiger partial charge in [0.2, 0.25) is 0 Å². The summed E-state index contributed by atoms with van der Waals surface area (Å²) >= 11 is 0. The summed E-state index contributed by atoms with van der Waals surface area (Å²) in [6.45, 7) is 7.82. The lowest BCUT2D eigenvalue weighted by molar-refractivity contribution is 0.599. The van der Waals surface area contributed by atoms with E-state index in [1.165, 1.54) is 11.1 Å². The largest absolute Gasteiger partial charge is 0.323 e. The third-order valence-electron chi connectivity index (χ3n) is 2.53. The third kappa shape index (κ3) is 3.48. The predicted octanol–water partition coefficient (Wildman–Crippen LogP) is 3.05. The normalized spacial score (nSPS) is 12.5. The van der Waals surface area contributed by atoms with E-state index in [1.54, 1.807) is 0 Å². The van der Waals surface area contributed by atoms with Crippen LogP contribution in [0.3, 0.4) is 0 Å². The van der Waals surface area contributed by atoms with Gasteiger partial charge >= 0.3 is 0 Å². The first-order chi connectivity index (χ1) is 7.15. The van der Waals surface area contributed by atoms with Gasteiger partial charge in [-0.25, -0.2) is 0 Å². The Balaban J connectivity index is 2.64. The minimum Gasteiger partial charge on any atom is -0.323 e. The topological polar surface area (TPSA) is 38.9 Å². The van der Waals surface area contributed by atoms with Gasteiger partial charge in [0.15, 0.2) is 0 Å². The Morgan fingerprint density at radius 1 is 1.53 bits per heavy atom. The van der Waals surface area contributed by atoms with E-state index in [2.05, 4.69) is 24.6 Å². The van der Waals surface area contributed by atoms with Crippen molar-refractivity contribution in [3.05, 3.63) is 41.7 Å². The second kappa shape index (κ2) is 5.66. The molecular weight excluding hydrogens is 184 g/mol. The Labute approximate surface area is 92.2 Å². The number of pyridine rings is 1. The molecule has 0 fully saturated rings. The zero-order valence-corrected chi connectivity index (χ0v) is 9.66. The molecule has 0 aliphatic rings. The molecule has 1 unspecified atom stereocenters. The second-order valence-electron chi connectivity index (χ2n) is 4.04. The summed E-state index contributed by atoms with van der Waals surface area (Å²) in [5, 5.41) is 0. The van der Waals surface area contributed by atoms with Crippen molar-refractivity contribution in [3.8, 4) is 0 Å². The number of aryl methyl sites for hydroxylation is 2. The lowest BCUT2D eigenvalue weighted by Crippen LogP contribution is -2.13. The molecule has 0 spiro atoms. The van der Waals surface area contributed by atoms with Crippen molar-refractivity contribution in [2.45, 2.75) is 39.2 Å². The first kappa shape index (κ1) is 11.9. The fourth-order valence-corrected chi connectivity index (χ4v) is 1.73. The van der Waals surface area contributed by atoms with E-state index < -0.39 is 0 Å². The molecule has 15 heavy (non-hydrogen) atoms. The van der Waals surface area contributed by atoms with Crippen LogP contribution in [-0.4, -0.2) is 4.98 Å². The second-order valence-corrected chi connectivity index (χ2v) is 4.04. The van der Waals surface area contributed by atoms with Gasteiger partial charge in [-0.15, -0.1) is 6.58 Å². The lowest BCUT2D eigenvalue weighted by atomic mass is 10.0. The highest BCUT2D eigenvalue weighted by Crippen LogP contribution is 2.18. The molecule has 1 rings (SSSR count). The summed E-state index contributed by atoms with van der Waals surface area (Å²) in [6, 6.07) is 2.20. The van der Waals surface area contributed by atoms with Crippen LogP contribution in [0, 0.1) is 13.8 Å². The van der Waals surface area contributed by atoms with Gasteiger partial charge in [-0.2, -0.15) is 0 Å². The summed E-state index contributed by atoms with van der Waals surface area (Å²) in [6.07, 6.45) is 6.90. The molecule has 1 atom stereocenters. The molecule has 0 saturated carbocycles. The SMILES string of the molecule is C=CCCCC(N)c1ncc(C)cc1C. The van der Waals surface area contributed by atoms with Crippen LogP contribution in [0.15, 0.2) is 24.9 Å². The van der Waals surface area contributed by atoms with E-state index >= 15 is 0 Å². The Morgan fingerprint density at radius 3 is 2.87 bits per heavy atom. The molecule has 0 aliphatic carbocycles. The van der Waals surface area contributed by atoms with E-state index in [4.69, 9.17) is 5.73 Å². The summed E-state index contributed by atoms with van der Waals surface area (Å²) in [7, 11) is 0. The first-order valence-corrected chi connectivity index (χ1v) is 5.44. The molecule has 2 N–H and O–H groups in total. The Morgan fingerprint density at radius 2 is 2.27 bits per heavy atom. The van der Waals surface area contributed by atoms with Crippen LogP contribution in [0.25, 0.3) is 0 Å². The number of rotatable bonds is 5. The Kier molecular flexibility index (Phi) is 4.50. The van der Waals surface area contributed by atoms with Gasteiger partial charge in [0.25, 0.3) is 0 Å². The highest BCUT2D eigenvalue weighted by atomic mass is 14.8. The van der Waals surface area contributed by atoms with E-state index in [0.717, 1.165) is 25.0 Å². The molecule has 1 aromatic rings. The molecule has 0 saturated heterocycles. The summed E-state index contributed by atoms with van der Waals surface area (Å²) in [5.41, 5.74) is 9.51. The van der Waals surface area contributed by atoms with Gasteiger partial charge in [0.1, 0.15) is 0 Å². The standard InChI is InChI=1S/C13H20N2/c1-4-5-6-7-12(14)13-11(3)8-10(2)9-15-13/h4,8-9,12H,1,5-7,14H2,2-3H3. The fourth-order valence-electron chi connectivity index (χ4n) is 1.73. The smallest absolute Gasteiger partial charge is 0.0600 e. The molecule has 0 bridgehead atoms. The van der Waals surface area contributed by atoms with Gasteiger partial charge in [-0.3, -0.25) is 4.98 Å². The van der Waals surface area contributed by atoms with E-state index in [1.807, 2.05) is 19.2 Å². The zero-order valence-electron chi connectivity index (χ0n) is 9.66. The maximum atomic E-state index is 6.09. The minimum absolute atomic E-state index is 0.0607. The van der Waals surface area contributed by atoms with Crippen molar-refractivity contribution in [3.63, 3.8) is 0 Å². The van der Waals surface area contributed by atoms with Crippen LogP contribution in [0.2, 0.25) is 0 Å². The van der Waals surface area contributed by atoms with Gasteiger partial charge < -0.3 is 5.73 Å². The van der Waals surface area contributed by atoms with Crippen molar-refractivity contribution in [2.24, 2.45) is 5.73 Å². The maximum Gasteiger partial charge on any atom is 0.0600 e. The van der Waals surface area contributed by atoms with E-state index in [9.17, 15) is 0 Å². The van der Waals surface area contributed by atoms with Crippen LogP contribution in [0.5, 0.6) is 0 Å². The van der Waals surface area contributed by atoms with Crippen molar-refractivity contribution >= 4 is 0 Å². The van der Waals surface area contributed by atoms with Crippen LogP contribution in [0.4, 0.5) is 0 Å². The molecule has 1 aromatic heterocycles. The number of nitrogens with two attached hydrogens (primary N) is 1. The average Bonchev–Trinajstić information content (AvgIpc) is 2.17. The highest BCUT2D eigenvalue weighted by Gasteiger charge is 2.09. The molecule has 1 heterocycles. The minimum atomic E-state index is 0.0607. The van der Waals surface area contributed by atoms with Crippen LogP contribution < -0.4 is 5.73 Å². The van der Waals surface area contributed by atoms with Gasteiger partial charge in [0.05, 0.1) is 5.69 Å². The molecule has 2 heteroatoms. The number of allylic oxidation sites excluding steroid dienone is 1. The van der Waals surface area contributed by atoms with Gasteiger partial charge in [-0.05, 0) is 44.2 Å². The summed E-state index contributed by atoms with van der Waals surface area (Å²) < 4.78 is 0. The van der Waals surface area contributed by atoms with Gasteiger partial charge in [0, 0.05) is 12.2 Å². The quantitative estimate of drug-likeness (QED) is 0.591. The highest BCUT2D eigenvalue weighted by molar-refractivity contribution is 5.25. The first-order valence-electron chi connectivity index (χ1n) is 5.44. The van der Waals surface area contributed by atoms with E-state index in [0.29, 0.717) is 0 Å². The third-order valence-corrected chi connectivity index (χ3v) is 2.53.